The molecule has 0 radical (unpaired) electrons. The third-order valence-corrected chi connectivity index (χ3v) is 4.08. The van der Waals surface area contributed by atoms with Gasteiger partial charge in [-0.05, 0) is 59.5 Å². The quantitative estimate of drug-likeness (QED) is 0.602. The number of para-hydroxylation sites is 1. The molecule has 0 saturated heterocycles. The summed E-state index contributed by atoms with van der Waals surface area (Å²) in [5, 5.41) is 1.29. The lowest BCUT2D eigenvalue weighted by atomic mass is 9.96. The van der Waals surface area contributed by atoms with Crippen LogP contribution in [0.3, 0.4) is 0 Å². The number of hydrogen-bond acceptors (Lipinski definition) is 0. The van der Waals surface area contributed by atoms with E-state index in [-0.39, 0.29) is 0 Å². The maximum Gasteiger partial charge on any atom is 0.0528 e. The minimum Gasteiger partial charge on any atom is -0.317 e. The Labute approximate surface area is 127 Å². The van der Waals surface area contributed by atoms with Gasteiger partial charge in [0, 0.05) is 11.9 Å². The fraction of sp³-hybridized carbons (Fsp3) is 0.300. The fourth-order valence-electron chi connectivity index (χ4n) is 3.04. The molecule has 108 valence electrons. The highest BCUT2D eigenvalue weighted by Crippen LogP contribution is 2.23. The fourth-order valence-corrected chi connectivity index (χ4v) is 3.04. The van der Waals surface area contributed by atoms with Crippen molar-refractivity contribution in [3.63, 3.8) is 0 Å². The molecule has 1 nitrogen and oxygen atoms in total. The van der Waals surface area contributed by atoms with Gasteiger partial charge in [0.1, 0.15) is 0 Å². The van der Waals surface area contributed by atoms with Crippen molar-refractivity contribution in [2.75, 3.05) is 0 Å². The number of nitrogens with zero attached hydrogens (tertiary/aromatic N) is 1. The molecule has 0 N–H and O–H groups in total. The average molecular weight is 277 g/mol. The molecule has 0 aliphatic heterocycles. The molecule has 0 unspecified atom stereocenters. The van der Waals surface area contributed by atoms with Crippen LogP contribution in [0.4, 0.5) is 0 Å². The van der Waals surface area contributed by atoms with E-state index in [9.17, 15) is 0 Å². The first kappa shape index (κ1) is 13.9. The van der Waals surface area contributed by atoms with Crippen LogP contribution in [0.2, 0.25) is 0 Å². The van der Waals surface area contributed by atoms with E-state index >= 15 is 0 Å². The molecular formula is C20H23N. The minimum atomic E-state index is 0.702. The lowest BCUT2D eigenvalue weighted by molar-refractivity contribution is 0.643. The predicted octanol–water partition coefficient (Wildman–Crippen LogP) is 5.39. The van der Waals surface area contributed by atoms with Crippen molar-refractivity contribution in [1.29, 1.82) is 0 Å². The van der Waals surface area contributed by atoms with E-state index in [4.69, 9.17) is 0 Å². The molecule has 0 saturated carbocycles. The van der Waals surface area contributed by atoms with E-state index < -0.39 is 0 Å². The zero-order valence-electron chi connectivity index (χ0n) is 13.1. The topological polar surface area (TPSA) is 4.93 Å². The van der Waals surface area contributed by atoms with Crippen LogP contribution in [-0.4, -0.2) is 4.57 Å². The Morgan fingerprint density at radius 3 is 2.52 bits per heavy atom. The van der Waals surface area contributed by atoms with Gasteiger partial charge in [-0.3, -0.25) is 0 Å². The molecule has 3 aromatic rings. The summed E-state index contributed by atoms with van der Waals surface area (Å²) in [5.41, 5.74) is 5.50. The van der Waals surface area contributed by atoms with Crippen molar-refractivity contribution in [2.24, 2.45) is 5.92 Å². The third kappa shape index (κ3) is 2.73. The maximum absolute atomic E-state index is 2.35. The molecular weight excluding hydrogens is 254 g/mol. The Morgan fingerprint density at radius 1 is 0.952 bits per heavy atom. The Hall–Kier alpha value is -2.02. The Balaban J connectivity index is 2.07. The van der Waals surface area contributed by atoms with Gasteiger partial charge in [0.2, 0.25) is 0 Å². The molecule has 21 heavy (non-hydrogen) atoms. The second-order valence-corrected chi connectivity index (χ2v) is 6.15. The molecule has 1 aromatic heterocycles. The summed E-state index contributed by atoms with van der Waals surface area (Å²) in [6.45, 7) is 6.82. The second kappa shape index (κ2) is 5.77. The van der Waals surface area contributed by atoms with Crippen molar-refractivity contribution in [1.82, 2.24) is 4.57 Å². The highest BCUT2D eigenvalue weighted by Gasteiger charge is 2.07. The van der Waals surface area contributed by atoms with Gasteiger partial charge in [-0.15, -0.1) is 0 Å². The minimum absolute atomic E-state index is 0.702. The predicted molar refractivity (Wildman–Crippen MR) is 91.2 cm³/mol. The molecule has 0 bridgehead atoms. The summed E-state index contributed by atoms with van der Waals surface area (Å²) in [4.78, 5) is 0. The molecule has 0 amide bonds. The van der Waals surface area contributed by atoms with Gasteiger partial charge in [-0.25, -0.2) is 0 Å². The van der Waals surface area contributed by atoms with Crippen molar-refractivity contribution < 1.29 is 0 Å². The SMILES string of the molecule is CCc1cc(-n2ccc3ccccc32)ccc1CC(C)C. The largest absolute Gasteiger partial charge is 0.317 e. The van der Waals surface area contributed by atoms with E-state index in [0.29, 0.717) is 5.92 Å². The van der Waals surface area contributed by atoms with Crippen molar-refractivity contribution >= 4 is 10.9 Å². The number of aryl methyl sites for hydroxylation is 1. The van der Waals surface area contributed by atoms with Crippen molar-refractivity contribution in [2.45, 2.75) is 33.6 Å². The van der Waals surface area contributed by atoms with E-state index in [1.54, 1.807) is 0 Å². The van der Waals surface area contributed by atoms with Crippen LogP contribution in [-0.2, 0) is 12.8 Å². The summed E-state index contributed by atoms with van der Waals surface area (Å²) in [7, 11) is 0. The van der Waals surface area contributed by atoms with Crippen LogP contribution in [0.5, 0.6) is 0 Å². The van der Waals surface area contributed by atoms with Gasteiger partial charge in [0.25, 0.3) is 0 Å². The molecule has 0 aliphatic rings. The molecule has 0 spiro atoms. The van der Waals surface area contributed by atoms with Gasteiger partial charge < -0.3 is 4.57 Å². The van der Waals surface area contributed by atoms with Gasteiger partial charge >= 0.3 is 0 Å². The molecule has 0 fully saturated rings. The summed E-state index contributed by atoms with van der Waals surface area (Å²) in [6.07, 6.45) is 4.42. The molecule has 0 aliphatic carbocycles. The van der Waals surface area contributed by atoms with Crippen molar-refractivity contribution in [3.8, 4) is 5.69 Å². The molecule has 0 atom stereocenters. The van der Waals surface area contributed by atoms with Gasteiger partial charge in [-0.2, -0.15) is 0 Å². The Bertz CT molecular complexity index is 749. The van der Waals surface area contributed by atoms with Gasteiger partial charge in [0.15, 0.2) is 0 Å². The number of aromatic nitrogens is 1. The van der Waals surface area contributed by atoms with E-state index in [0.717, 1.165) is 12.8 Å². The van der Waals surface area contributed by atoms with Crippen molar-refractivity contribution in [3.05, 3.63) is 65.9 Å². The summed E-state index contributed by atoms with van der Waals surface area (Å²) in [5.74, 6) is 0.702. The van der Waals surface area contributed by atoms with Crippen LogP contribution in [0.25, 0.3) is 16.6 Å². The lowest BCUT2D eigenvalue weighted by Crippen LogP contribution is -2.01. The highest BCUT2D eigenvalue weighted by atomic mass is 15.0. The zero-order chi connectivity index (χ0) is 14.8. The summed E-state index contributed by atoms with van der Waals surface area (Å²) >= 11 is 0. The average Bonchev–Trinajstić information content (AvgIpc) is 2.91. The van der Waals surface area contributed by atoms with E-state index in [1.807, 2.05) is 0 Å². The lowest BCUT2D eigenvalue weighted by Gasteiger charge is -2.13. The van der Waals surface area contributed by atoms with Gasteiger partial charge in [0.05, 0.1) is 5.52 Å². The van der Waals surface area contributed by atoms with Crippen LogP contribution in [0, 0.1) is 5.92 Å². The van der Waals surface area contributed by atoms with E-state index in [1.165, 1.54) is 27.7 Å². The van der Waals surface area contributed by atoms with Gasteiger partial charge in [-0.1, -0.05) is 45.0 Å². The number of benzene rings is 2. The van der Waals surface area contributed by atoms with Crippen LogP contribution in [0.15, 0.2) is 54.7 Å². The van der Waals surface area contributed by atoms with Crippen LogP contribution in [0.1, 0.15) is 31.9 Å². The summed E-state index contributed by atoms with van der Waals surface area (Å²) < 4.78 is 2.29. The van der Waals surface area contributed by atoms with E-state index in [2.05, 4.69) is 80.1 Å². The highest BCUT2D eigenvalue weighted by molar-refractivity contribution is 5.81. The third-order valence-electron chi connectivity index (χ3n) is 4.08. The maximum atomic E-state index is 2.35. The molecule has 2 aromatic carbocycles. The number of fused-ring (bicyclic) bond motifs is 1. The molecule has 3 rings (SSSR count). The Morgan fingerprint density at radius 2 is 1.76 bits per heavy atom. The first-order valence-corrected chi connectivity index (χ1v) is 7.87. The molecule has 1 heterocycles. The first-order chi connectivity index (χ1) is 10.2. The number of rotatable bonds is 4. The number of hydrogen-bond donors (Lipinski definition) is 0. The normalized spacial score (nSPS) is 11.4. The summed E-state index contributed by atoms with van der Waals surface area (Å²) in [6, 6.07) is 17.6. The van der Waals surface area contributed by atoms with Crippen LogP contribution < -0.4 is 0 Å². The van der Waals surface area contributed by atoms with Crippen LogP contribution >= 0.6 is 0 Å². The molecule has 1 heteroatoms. The second-order valence-electron chi connectivity index (χ2n) is 6.15. The Kier molecular flexibility index (Phi) is 3.83. The monoisotopic (exact) mass is 277 g/mol. The zero-order valence-corrected chi connectivity index (χ0v) is 13.1. The first-order valence-electron chi connectivity index (χ1n) is 7.87. The smallest absolute Gasteiger partial charge is 0.0528 e. The standard InChI is InChI=1S/C20H23N/c1-4-16-14-19(10-9-18(16)13-15(2)3)21-12-11-17-7-5-6-8-20(17)21/h5-12,14-15H,4,13H2,1-3H3.